The minimum absolute atomic E-state index is 0.169. The molecule has 0 radical (unpaired) electrons. The van der Waals surface area contributed by atoms with Crippen LogP contribution < -0.4 is 16.0 Å². The van der Waals surface area contributed by atoms with Crippen molar-refractivity contribution in [1.82, 2.24) is 15.2 Å². The molecule has 0 saturated heterocycles. The Morgan fingerprint density at radius 3 is 2.68 bits per heavy atom. The summed E-state index contributed by atoms with van der Waals surface area (Å²) in [5.41, 5.74) is 5.68. The van der Waals surface area contributed by atoms with Gasteiger partial charge >= 0.3 is 0 Å². The van der Waals surface area contributed by atoms with Crippen LogP contribution in [0.5, 0.6) is 5.75 Å². The van der Waals surface area contributed by atoms with E-state index >= 15 is 0 Å². The number of methoxy groups -OCH3 is 1. The minimum Gasteiger partial charge on any atom is -0.495 e. The van der Waals surface area contributed by atoms with Gasteiger partial charge in [0.05, 0.1) is 29.6 Å². The molecule has 3 N–H and O–H groups in total. The largest absolute Gasteiger partial charge is 0.495 e. The van der Waals surface area contributed by atoms with Gasteiger partial charge in [0.1, 0.15) is 5.75 Å². The molecule has 1 aromatic heterocycles. The second-order valence-corrected chi connectivity index (χ2v) is 4.74. The van der Waals surface area contributed by atoms with Gasteiger partial charge in [-0.1, -0.05) is 17.7 Å². The molecule has 0 aliphatic carbocycles. The molecule has 0 fully saturated rings. The Hall–Kier alpha value is -1.56. The molecule has 0 spiro atoms. The second kappa shape index (κ2) is 5.61. The lowest BCUT2D eigenvalue weighted by atomic mass is 10.0. The SMILES string of the molecule is COc1cc(C(NN)c2cc(C)nn2C)ccc1Cl. The summed E-state index contributed by atoms with van der Waals surface area (Å²) in [4.78, 5) is 0. The lowest BCUT2D eigenvalue weighted by Crippen LogP contribution is -2.30. The topological polar surface area (TPSA) is 65.1 Å². The van der Waals surface area contributed by atoms with Crippen LogP contribution in [0, 0.1) is 6.92 Å². The Labute approximate surface area is 117 Å². The fourth-order valence-electron chi connectivity index (χ4n) is 2.11. The zero-order valence-electron chi connectivity index (χ0n) is 11.1. The van der Waals surface area contributed by atoms with E-state index in [0.29, 0.717) is 10.8 Å². The monoisotopic (exact) mass is 280 g/mol. The van der Waals surface area contributed by atoms with Crippen molar-refractivity contribution in [3.8, 4) is 5.75 Å². The molecule has 1 heterocycles. The molecule has 6 heteroatoms. The molecule has 5 nitrogen and oxygen atoms in total. The van der Waals surface area contributed by atoms with E-state index in [9.17, 15) is 0 Å². The first-order valence-corrected chi connectivity index (χ1v) is 6.24. The molecular weight excluding hydrogens is 264 g/mol. The number of hydrogen-bond acceptors (Lipinski definition) is 4. The maximum absolute atomic E-state index is 6.03. The van der Waals surface area contributed by atoms with Crippen LogP contribution in [0.2, 0.25) is 5.02 Å². The number of aryl methyl sites for hydroxylation is 2. The first-order valence-electron chi connectivity index (χ1n) is 5.87. The van der Waals surface area contributed by atoms with E-state index in [4.69, 9.17) is 22.2 Å². The number of hydrogen-bond donors (Lipinski definition) is 2. The van der Waals surface area contributed by atoms with Crippen molar-refractivity contribution in [3.05, 3.63) is 46.2 Å². The molecule has 0 bridgehead atoms. The summed E-state index contributed by atoms with van der Waals surface area (Å²) in [6.07, 6.45) is 0. The molecule has 2 aromatic rings. The van der Waals surface area contributed by atoms with Gasteiger partial charge in [0.25, 0.3) is 0 Å². The average molecular weight is 281 g/mol. The number of halogens is 1. The quantitative estimate of drug-likeness (QED) is 0.664. The van der Waals surface area contributed by atoms with E-state index in [-0.39, 0.29) is 6.04 Å². The van der Waals surface area contributed by atoms with Crippen molar-refractivity contribution in [1.29, 1.82) is 0 Å². The number of aromatic nitrogens is 2. The van der Waals surface area contributed by atoms with Crippen molar-refractivity contribution in [3.63, 3.8) is 0 Å². The van der Waals surface area contributed by atoms with Crippen LogP contribution in [0.25, 0.3) is 0 Å². The Bertz CT molecular complexity index is 582. The van der Waals surface area contributed by atoms with Crippen LogP contribution in [-0.4, -0.2) is 16.9 Å². The molecule has 0 saturated carbocycles. The van der Waals surface area contributed by atoms with Crippen molar-refractivity contribution in [2.45, 2.75) is 13.0 Å². The Morgan fingerprint density at radius 1 is 1.42 bits per heavy atom. The van der Waals surface area contributed by atoms with E-state index in [2.05, 4.69) is 10.5 Å². The van der Waals surface area contributed by atoms with Crippen molar-refractivity contribution >= 4 is 11.6 Å². The number of nitrogens with two attached hydrogens (primary N) is 1. The maximum Gasteiger partial charge on any atom is 0.137 e. The lowest BCUT2D eigenvalue weighted by molar-refractivity contribution is 0.413. The van der Waals surface area contributed by atoms with Gasteiger partial charge in [-0.2, -0.15) is 5.10 Å². The fourth-order valence-corrected chi connectivity index (χ4v) is 2.30. The Balaban J connectivity index is 2.45. The molecule has 19 heavy (non-hydrogen) atoms. The summed E-state index contributed by atoms with van der Waals surface area (Å²) >= 11 is 6.03. The molecule has 2 rings (SSSR count). The summed E-state index contributed by atoms with van der Waals surface area (Å²) in [5.74, 6) is 6.30. The van der Waals surface area contributed by atoms with Crippen LogP contribution >= 0.6 is 11.6 Å². The summed E-state index contributed by atoms with van der Waals surface area (Å²) < 4.78 is 7.04. The lowest BCUT2D eigenvalue weighted by Gasteiger charge is -2.17. The normalized spacial score (nSPS) is 12.5. The molecule has 1 unspecified atom stereocenters. The van der Waals surface area contributed by atoms with E-state index in [1.807, 2.05) is 32.2 Å². The number of rotatable bonds is 4. The van der Waals surface area contributed by atoms with Gasteiger partial charge in [0, 0.05) is 7.05 Å². The van der Waals surface area contributed by atoms with Crippen LogP contribution in [0.1, 0.15) is 23.0 Å². The summed E-state index contributed by atoms with van der Waals surface area (Å²) in [7, 11) is 3.48. The van der Waals surface area contributed by atoms with Crippen molar-refractivity contribution in [2.75, 3.05) is 7.11 Å². The van der Waals surface area contributed by atoms with E-state index < -0.39 is 0 Å². The number of nitrogens with zero attached hydrogens (tertiary/aromatic N) is 2. The summed E-state index contributed by atoms with van der Waals surface area (Å²) in [6, 6.07) is 7.40. The molecule has 0 aliphatic rings. The van der Waals surface area contributed by atoms with Crippen LogP contribution in [-0.2, 0) is 7.05 Å². The number of hydrazine groups is 1. The van der Waals surface area contributed by atoms with Gasteiger partial charge in [-0.15, -0.1) is 0 Å². The maximum atomic E-state index is 6.03. The zero-order valence-corrected chi connectivity index (χ0v) is 11.9. The first kappa shape index (κ1) is 13.9. The second-order valence-electron chi connectivity index (χ2n) is 4.33. The van der Waals surface area contributed by atoms with Gasteiger partial charge in [-0.05, 0) is 30.7 Å². The fraction of sp³-hybridized carbons (Fsp3) is 0.308. The zero-order chi connectivity index (χ0) is 14.0. The highest BCUT2D eigenvalue weighted by Crippen LogP contribution is 2.30. The van der Waals surface area contributed by atoms with E-state index in [1.54, 1.807) is 17.9 Å². The molecule has 0 aliphatic heterocycles. The van der Waals surface area contributed by atoms with Gasteiger partial charge < -0.3 is 4.74 Å². The van der Waals surface area contributed by atoms with Crippen LogP contribution in [0.4, 0.5) is 0 Å². The number of ether oxygens (including phenoxy) is 1. The molecular formula is C13H17ClN4O. The van der Waals surface area contributed by atoms with Gasteiger partial charge in [0.2, 0.25) is 0 Å². The smallest absolute Gasteiger partial charge is 0.137 e. The van der Waals surface area contributed by atoms with Crippen molar-refractivity contribution < 1.29 is 4.74 Å². The Morgan fingerprint density at radius 2 is 2.16 bits per heavy atom. The minimum atomic E-state index is -0.169. The molecule has 1 aromatic carbocycles. The third kappa shape index (κ3) is 2.73. The predicted octanol–water partition coefficient (Wildman–Crippen LogP) is 1.94. The highest BCUT2D eigenvalue weighted by Gasteiger charge is 2.18. The predicted molar refractivity (Wildman–Crippen MR) is 75.1 cm³/mol. The van der Waals surface area contributed by atoms with E-state index in [0.717, 1.165) is 17.0 Å². The molecule has 102 valence electrons. The van der Waals surface area contributed by atoms with Gasteiger partial charge in [-0.25, -0.2) is 5.43 Å². The van der Waals surface area contributed by atoms with Crippen molar-refractivity contribution in [2.24, 2.45) is 12.9 Å². The Kier molecular flexibility index (Phi) is 4.09. The summed E-state index contributed by atoms with van der Waals surface area (Å²) in [6.45, 7) is 1.94. The van der Waals surface area contributed by atoms with Crippen LogP contribution in [0.15, 0.2) is 24.3 Å². The van der Waals surface area contributed by atoms with Crippen LogP contribution in [0.3, 0.4) is 0 Å². The van der Waals surface area contributed by atoms with E-state index in [1.165, 1.54) is 0 Å². The third-order valence-electron chi connectivity index (χ3n) is 3.01. The third-order valence-corrected chi connectivity index (χ3v) is 3.32. The van der Waals surface area contributed by atoms with Gasteiger partial charge in [0.15, 0.2) is 0 Å². The van der Waals surface area contributed by atoms with Gasteiger partial charge in [-0.3, -0.25) is 10.5 Å². The number of nitrogens with one attached hydrogen (secondary N) is 1. The highest BCUT2D eigenvalue weighted by atomic mass is 35.5. The molecule has 1 atom stereocenters. The first-order chi connectivity index (χ1) is 9.06. The highest BCUT2D eigenvalue weighted by molar-refractivity contribution is 6.32. The standard InChI is InChI=1S/C13H17ClN4O/c1-8-6-11(18(2)17-8)13(16-15)9-4-5-10(14)12(7-9)19-3/h4-7,13,16H,15H2,1-3H3. The summed E-state index contributed by atoms with van der Waals surface area (Å²) in [5, 5.41) is 4.90. The molecule has 0 amide bonds. The number of benzene rings is 1. The average Bonchev–Trinajstić information content (AvgIpc) is 2.71.